The molecule has 0 radical (unpaired) electrons. The second-order valence-corrected chi connectivity index (χ2v) is 14.0. The van der Waals surface area contributed by atoms with Crippen molar-refractivity contribution in [2.75, 3.05) is 32.1 Å². The number of methoxy groups -OCH3 is 1. The van der Waals surface area contributed by atoms with Crippen LogP contribution in [-0.4, -0.2) is 68.7 Å². The van der Waals surface area contributed by atoms with E-state index in [9.17, 15) is 9.59 Å². The molecule has 2 aromatic carbocycles. The largest absolute Gasteiger partial charge is 0.384 e. The third-order valence-corrected chi connectivity index (χ3v) is 10.6. The molecule has 254 valence electrons. The highest BCUT2D eigenvalue weighted by Crippen LogP contribution is 2.45. The van der Waals surface area contributed by atoms with Gasteiger partial charge < -0.3 is 15.0 Å². The van der Waals surface area contributed by atoms with E-state index in [0.717, 1.165) is 57.5 Å². The van der Waals surface area contributed by atoms with Crippen LogP contribution in [0, 0.1) is 11.3 Å². The van der Waals surface area contributed by atoms with E-state index in [1.165, 1.54) is 18.4 Å². The van der Waals surface area contributed by atoms with Gasteiger partial charge in [-0.3, -0.25) is 19.7 Å². The molecule has 4 heterocycles. The molecule has 2 amide bonds. The van der Waals surface area contributed by atoms with Gasteiger partial charge >= 0.3 is 0 Å². The van der Waals surface area contributed by atoms with Crippen molar-refractivity contribution in [1.29, 1.82) is 0 Å². The molecule has 2 saturated carbocycles. The summed E-state index contributed by atoms with van der Waals surface area (Å²) >= 11 is 0. The Kier molecular flexibility index (Phi) is 8.70. The molecule has 8 rings (SSSR count). The fourth-order valence-corrected chi connectivity index (χ4v) is 7.68. The van der Waals surface area contributed by atoms with Crippen LogP contribution in [0.4, 0.5) is 5.69 Å². The Morgan fingerprint density at radius 1 is 0.960 bits per heavy atom. The van der Waals surface area contributed by atoms with Gasteiger partial charge in [0.15, 0.2) is 5.82 Å². The Morgan fingerprint density at radius 3 is 2.54 bits per heavy atom. The van der Waals surface area contributed by atoms with E-state index in [0.29, 0.717) is 50.7 Å². The number of fused-ring (bicyclic) bond motifs is 1. The molecule has 50 heavy (non-hydrogen) atoms. The summed E-state index contributed by atoms with van der Waals surface area (Å²) in [6.07, 6.45) is 13.2. The zero-order valence-electron chi connectivity index (χ0n) is 28.3. The molecule has 10 heteroatoms. The van der Waals surface area contributed by atoms with Crippen molar-refractivity contribution < 1.29 is 14.3 Å². The average molecular weight is 668 g/mol. The molecular weight excluding hydrogens is 626 g/mol. The van der Waals surface area contributed by atoms with Crippen LogP contribution in [-0.2, 0) is 14.3 Å². The number of pyridine rings is 1. The van der Waals surface area contributed by atoms with Crippen molar-refractivity contribution in [3.05, 3.63) is 96.6 Å². The summed E-state index contributed by atoms with van der Waals surface area (Å²) in [4.78, 5) is 42.6. The topological polar surface area (TPSA) is 126 Å². The minimum Gasteiger partial charge on any atom is -0.384 e. The van der Waals surface area contributed by atoms with Crippen molar-refractivity contribution >= 4 is 34.0 Å². The van der Waals surface area contributed by atoms with Gasteiger partial charge in [-0.2, -0.15) is 5.10 Å². The minimum absolute atomic E-state index is 0.0611. The number of ether oxygens (including phenoxy) is 1. The first kappa shape index (κ1) is 32.0. The number of carbonyl (C=O) groups is 2. The van der Waals surface area contributed by atoms with Crippen LogP contribution in [0.2, 0.25) is 0 Å². The fraction of sp³-hybridized carbons (Fsp3) is 0.350. The minimum atomic E-state index is -0.690. The number of nitrogens with one attached hydrogen (secondary N) is 2. The van der Waals surface area contributed by atoms with Gasteiger partial charge in [0.1, 0.15) is 5.69 Å². The van der Waals surface area contributed by atoms with E-state index in [4.69, 9.17) is 4.74 Å². The predicted octanol–water partition coefficient (Wildman–Crippen LogP) is 7.04. The summed E-state index contributed by atoms with van der Waals surface area (Å²) < 4.78 is 5.62. The molecule has 10 nitrogen and oxygen atoms in total. The van der Waals surface area contributed by atoms with Gasteiger partial charge in [0, 0.05) is 79.0 Å². The van der Waals surface area contributed by atoms with Gasteiger partial charge in [-0.15, -0.1) is 0 Å². The maximum atomic E-state index is 14.0. The second kappa shape index (κ2) is 13.6. The number of aromatic amines is 1. The molecular formula is C40H41N7O3. The number of carbonyl (C=O) groups excluding carboxylic acids is 2. The molecule has 0 spiro atoms. The molecule has 2 atom stereocenters. The fourth-order valence-electron chi connectivity index (χ4n) is 7.68. The molecule has 2 N–H and O–H groups in total. The van der Waals surface area contributed by atoms with E-state index in [1.54, 1.807) is 19.5 Å². The molecule has 5 aromatic rings. The van der Waals surface area contributed by atoms with Gasteiger partial charge in [0.2, 0.25) is 11.8 Å². The third-order valence-electron chi connectivity index (χ3n) is 10.6. The van der Waals surface area contributed by atoms with Crippen LogP contribution in [0.1, 0.15) is 62.1 Å². The van der Waals surface area contributed by atoms with E-state index >= 15 is 0 Å². The van der Waals surface area contributed by atoms with E-state index in [2.05, 4.69) is 54.7 Å². The van der Waals surface area contributed by atoms with Gasteiger partial charge in [-0.05, 0) is 92.0 Å². The summed E-state index contributed by atoms with van der Waals surface area (Å²) in [5.41, 5.74) is 7.30. The standard InChI is InChI=1S/C40H41N7O3/c1-50-25-40(39(49)44-32-9-10-34-33(23-32)37(46-45-34)31-12-18-41-35(22-31)29-5-6-29)15-11-26(24-40)21-36(48)47-19-13-28(14-20-47)27-3-7-30(8-4-27)38-42-16-2-17-43-38/h2-4,7-10,12-13,16-18,22-23,26,29H,5-6,11,14-15,19-21,24-25H2,1H3,(H,44,49)(H,45,46)/t26?,40-/m1/s1. The number of rotatable bonds is 10. The molecule has 0 saturated heterocycles. The number of H-pyrrole nitrogens is 1. The van der Waals surface area contributed by atoms with Crippen LogP contribution >= 0.6 is 0 Å². The summed E-state index contributed by atoms with van der Waals surface area (Å²) in [6, 6.07) is 20.1. The van der Waals surface area contributed by atoms with E-state index in [-0.39, 0.29) is 17.7 Å². The number of hydrogen-bond donors (Lipinski definition) is 2. The Morgan fingerprint density at radius 2 is 1.78 bits per heavy atom. The lowest BCUT2D eigenvalue weighted by Crippen LogP contribution is -2.39. The van der Waals surface area contributed by atoms with Crippen molar-refractivity contribution in [2.45, 2.75) is 50.9 Å². The lowest BCUT2D eigenvalue weighted by Gasteiger charge is -2.29. The first-order chi connectivity index (χ1) is 24.5. The number of amides is 2. The summed E-state index contributed by atoms with van der Waals surface area (Å²) in [5.74, 6) is 1.47. The normalized spacial score (nSPS) is 20.5. The molecule has 1 aliphatic heterocycles. The van der Waals surface area contributed by atoms with Crippen LogP contribution < -0.4 is 5.32 Å². The highest BCUT2D eigenvalue weighted by Gasteiger charge is 2.46. The van der Waals surface area contributed by atoms with Gasteiger partial charge in [-0.25, -0.2) is 9.97 Å². The quantitative estimate of drug-likeness (QED) is 0.164. The van der Waals surface area contributed by atoms with E-state index < -0.39 is 5.41 Å². The maximum Gasteiger partial charge on any atom is 0.232 e. The van der Waals surface area contributed by atoms with Crippen LogP contribution in [0.3, 0.4) is 0 Å². The number of benzene rings is 2. The van der Waals surface area contributed by atoms with Gasteiger partial charge in [0.25, 0.3) is 0 Å². The molecule has 2 aliphatic carbocycles. The zero-order chi connectivity index (χ0) is 34.1. The van der Waals surface area contributed by atoms with Crippen molar-refractivity contribution in [1.82, 2.24) is 30.0 Å². The first-order valence-electron chi connectivity index (χ1n) is 17.6. The summed E-state index contributed by atoms with van der Waals surface area (Å²) in [5, 5.41) is 11.9. The Labute approximate surface area is 291 Å². The Balaban J connectivity index is 0.899. The van der Waals surface area contributed by atoms with Crippen molar-refractivity contribution in [3.63, 3.8) is 0 Å². The zero-order valence-corrected chi connectivity index (χ0v) is 28.3. The summed E-state index contributed by atoms with van der Waals surface area (Å²) in [7, 11) is 1.64. The number of anilines is 1. The lowest BCUT2D eigenvalue weighted by atomic mass is 9.84. The van der Waals surface area contributed by atoms with Crippen LogP contribution in [0.25, 0.3) is 39.1 Å². The molecule has 2 fully saturated rings. The summed E-state index contributed by atoms with van der Waals surface area (Å²) in [6.45, 7) is 1.59. The molecule has 0 bridgehead atoms. The number of nitrogens with zero attached hydrogens (tertiary/aromatic N) is 5. The Hall–Kier alpha value is -5.22. The monoisotopic (exact) mass is 667 g/mol. The predicted molar refractivity (Wildman–Crippen MR) is 193 cm³/mol. The number of aromatic nitrogens is 5. The molecule has 1 unspecified atom stereocenters. The SMILES string of the molecule is COC[C@@]1(C(=O)Nc2ccc3[nH]nc(-c4ccnc(C5CC5)c4)c3c2)CCC(CC(=O)N2CC=C(c3ccc(-c4ncccn4)cc3)CC2)C1. The highest BCUT2D eigenvalue weighted by atomic mass is 16.5. The molecule has 3 aliphatic rings. The van der Waals surface area contributed by atoms with Crippen LogP contribution in [0.15, 0.2) is 85.3 Å². The van der Waals surface area contributed by atoms with E-state index in [1.807, 2.05) is 53.6 Å². The highest BCUT2D eigenvalue weighted by molar-refractivity contribution is 6.00. The van der Waals surface area contributed by atoms with Crippen molar-refractivity contribution in [3.8, 4) is 22.6 Å². The maximum absolute atomic E-state index is 14.0. The lowest BCUT2D eigenvalue weighted by molar-refractivity contribution is -0.133. The van der Waals surface area contributed by atoms with Crippen molar-refractivity contribution in [2.24, 2.45) is 11.3 Å². The van der Waals surface area contributed by atoms with Gasteiger partial charge in [0.05, 0.1) is 17.5 Å². The Bertz CT molecular complexity index is 2050. The smallest absolute Gasteiger partial charge is 0.232 e. The average Bonchev–Trinajstić information content (AvgIpc) is 3.81. The first-order valence-corrected chi connectivity index (χ1v) is 17.6. The number of hydrogen-bond acceptors (Lipinski definition) is 7. The third kappa shape index (κ3) is 6.55. The van der Waals surface area contributed by atoms with Gasteiger partial charge in [-0.1, -0.05) is 30.3 Å². The molecule has 3 aromatic heterocycles. The van der Waals surface area contributed by atoms with Crippen LogP contribution in [0.5, 0.6) is 0 Å². The second-order valence-electron chi connectivity index (χ2n) is 14.0.